The average Bonchev–Trinajstić information content (AvgIpc) is 2.35. The molecule has 0 atom stereocenters. The molecule has 0 saturated carbocycles. The molecule has 0 amide bonds. The molecular formula is C20H30O2. The van der Waals surface area contributed by atoms with Gasteiger partial charge in [0, 0.05) is 11.1 Å². The van der Waals surface area contributed by atoms with Crippen molar-refractivity contribution in [1.29, 1.82) is 0 Å². The number of ether oxygens (including phenoxy) is 1. The Morgan fingerprint density at radius 2 is 1.86 bits per heavy atom. The monoisotopic (exact) mass is 302 g/mol. The van der Waals surface area contributed by atoms with Crippen LogP contribution in [0.3, 0.4) is 0 Å². The van der Waals surface area contributed by atoms with Gasteiger partial charge in [0.25, 0.3) is 0 Å². The molecule has 0 spiro atoms. The van der Waals surface area contributed by atoms with E-state index in [-0.39, 0.29) is 16.8 Å². The van der Waals surface area contributed by atoms with Crippen LogP contribution in [0.25, 0.3) is 0 Å². The Kier molecular flexibility index (Phi) is 4.70. The highest BCUT2D eigenvalue weighted by molar-refractivity contribution is 5.96. The quantitative estimate of drug-likeness (QED) is 0.533. The van der Waals surface area contributed by atoms with Gasteiger partial charge in [-0.25, -0.2) is 0 Å². The summed E-state index contributed by atoms with van der Waals surface area (Å²) in [5.74, 6) is 1.13. The molecule has 22 heavy (non-hydrogen) atoms. The van der Waals surface area contributed by atoms with E-state index < -0.39 is 0 Å². The third-order valence-electron chi connectivity index (χ3n) is 4.62. The number of Topliss-reactive ketones (excluding diaryl/α,β-unsaturated/α-hetero) is 1. The fraction of sp³-hybridized carbons (Fsp3) is 0.650. The number of ketones is 1. The highest BCUT2D eigenvalue weighted by atomic mass is 16.5. The molecule has 0 aromatic heterocycles. The van der Waals surface area contributed by atoms with Crippen LogP contribution in [0.2, 0.25) is 0 Å². The zero-order chi connectivity index (χ0) is 16.5. The molecule has 0 N–H and O–H groups in total. The highest BCUT2D eigenvalue weighted by Crippen LogP contribution is 2.45. The second kappa shape index (κ2) is 6.06. The van der Waals surface area contributed by atoms with Crippen molar-refractivity contribution in [3.05, 3.63) is 28.8 Å². The van der Waals surface area contributed by atoms with Crippen molar-refractivity contribution in [3.63, 3.8) is 0 Å². The topological polar surface area (TPSA) is 26.3 Å². The van der Waals surface area contributed by atoms with Gasteiger partial charge in [-0.2, -0.15) is 0 Å². The summed E-state index contributed by atoms with van der Waals surface area (Å²) in [6, 6.07) is 4.22. The van der Waals surface area contributed by atoms with Crippen molar-refractivity contribution in [2.45, 2.75) is 84.7 Å². The summed E-state index contributed by atoms with van der Waals surface area (Å²) in [6.07, 6.45) is 5.44. The molecule has 2 heteroatoms. The van der Waals surface area contributed by atoms with E-state index in [1.165, 1.54) is 18.4 Å². The maximum Gasteiger partial charge on any atom is 0.160 e. The van der Waals surface area contributed by atoms with Crippen molar-refractivity contribution >= 4 is 5.78 Å². The zero-order valence-corrected chi connectivity index (χ0v) is 15.0. The van der Waals surface area contributed by atoms with E-state index in [1.54, 1.807) is 6.92 Å². The molecule has 0 saturated heterocycles. The predicted octanol–water partition coefficient (Wildman–Crippen LogP) is 5.46. The van der Waals surface area contributed by atoms with Crippen LogP contribution in [0.15, 0.2) is 12.1 Å². The Balaban J connectivity index is 2.47. The summed E-state index contributed by atoms with van der Waals surface area (Å²) in [4.78, 5) is 12.1. The molecule has 2 rings (SSSR count). The first-order valence-corrected chi connectivity index (χ1v) is 8.53. The molecule has 2 nitrogen and oxygen atoms in total. The van der Waals surface area contributed by atoms with Crippen LogP contribution in [-0.4, -0.2) is 11.4 Å². The summed E-state index contributed by atoms with van der Waals surface area (Å²) in [6.45, 7) is 12.7. The van der Waals surface area contributed by atoms with Gasteiger partial charge in [-0.05, 0) is 63.1 Å². The Bertz CT molecular complexity index is 567. The van der Waals surface area contributed by atoms with Gasteiger partial charge < -0.3 is 4.74 Å². The average molecular weight is 302 g/mol. The van der Waals surface area contributed by atoms with Gasteiger partial charge in [-0.1, -0.05) is 33.6 Å². The van der Waals surface area contributed by atoms with Crippen LogP contribution in [-0.2, 0) is 11.8 Å². The standard InChI is InChI=1S/C20H30O2/c1-7-8-9-10-15-11-18-17(12-16(15)14(2)21)19(3,4)13-20(5,6)22-18/h11-12H,7-10,13H2,1-6H3. The van der Waals surface area contributed by atoms with Crippen molar-refractivity contribution in [1.82, 2.24) is 0 Å². The van der Waals surface area contributed by atoms with Gasteiger partial charge in [0.15, 0.2) is 5.78 Å². The van der Waals surface area contributed by atoms with E-state index >= 15 is 0 Å². The zero-order valence-electron chi connectivity index (χ0n) is 15.0. The molecule has 1 aromatic carbocycles. The molecule has 1 aliphatic rings. The first-order chi connectivity index (χ1) is 10.2. The molecule has 0 fully saturated rings. The molecule has 0 bridgehead atoms. The van der Waals surface area contributed by atoms with Gasteiger partial charge in [-0.15, -0.1) is 0 Å². The fourth-order valence-corrected chi connectivity index (χ4v) is 3.83. The lowest BCUT2D eigenvalue weighted by molar-refractivity contribution is 0.0532. The lowest BCUT2D eigenvalue weighted by Crippen LogP contribution is -2.41. The van der Waals surface area contributed by atoms with Crippen LogP contribution in [0, 0.1) is 0 Å². The van der Waals surface area contributed by atoms with Crippen LogP contribution in [0.4, 0.5) is 0 Å². The number of aryl methyl sites for hydroxylation is 1. The van der Waals surface area contributed by atoms with E-state index in [1.807, 2.05) is 0 Å². The lowest BCUT2D eigenvalue weighted by atomic mass is 9.72. The largest absolute Gasteiger partial charge is 0.488 e. The Morgan fingerprint density at radius 3 is 2.45 bits per heavy atom. The lowest BCUT2D eigenvalue weighted by Gasteiger charge is -2.42. The number of hydrogen-bond acceptors (Lipinski definition) is 2. The third-order valence-corrected chi connectivity index (χ3v) is 4.62. The SMILES string of the molecule is CCCCCc1cc2c(cc1C(C)=O)C(C)(C)CC(C)(C)O2. The Labute approximate surface area is 135 Å². The predicted molar refractivity (Wildman–Crippen MR) is 92.0 cm³/mol. The molecule has 122 valence electrons. The number of carbonyl (C=O) groups excluding carboxylic acids is 1. The Morgan fingerprint density at radius 1 is 1.18 bits per heavy atom. The number of rotatable bonds is 5. The van der Waals surface area contributed by atoms with Crippen LogP contribution in [0.1, 0.15) is 88.7 Å². The smallest absolute Gasteiger partial charge is 0.160 e. The van der Waals surface area contributed by atoms with E-state index in [2.05, 4.69) is 46.8 Å². The first kappa shape index (κ1) is 17.1. The first-order valence-electron chi connectivity index (χ1n) is 8.53. The number of fused-ring (bicyclic) bond motifs is 1. The van der Waals surface area contributed by atoms with Crippen LogP contribution in [0.5, 0.6) is 5.75 Å². The molecule has 1 heterocycles. The van der Waals surface area contributed by atoms with Gasteiger partial charge in [0.05, 0.1) is 0 Å². The van der Waals surface area contributed by atoms with Gasteiger partial charge in [0.2, 0.25) is 0 Å². The molecule has 0 aliphatic carbocycles. The van der Waals surface area contributed by atoms with Crippen molar-refractivity contribution < 1.29 is 9.53 Å². The number of unbranched alkanes of at least 4 members (excludes halogenated alkanes) is 2. The minimum atomic E-state index is -0.158. The molecule has 0 unspecified atom stereocenters. The molecule has 1 aliphatic heterocycles. The maximum atomic E-state index is 12.1. The number of hydrogen-bond donors (Lipinski definition) is 0. The fourth-order valence-electron chi connectivity index (χ4n) is 3.83. The van der Waals surface area contributed by atoms with Crippen molar-refractivity contribution in [3.8, 4) is 5.75 Å². The minimum Gasteiger partial charge on any atom is -0.488 e. The van der Waals surface area contributed by atoms with E-state index in [4.69, 9.17) is 4.74 Å². The van der Waals surface area contributed by atoms with E-state index in [9.17, 15) is 4.79 Å². The summed E-state index contributed by atoms with van der Waals surface area (Å²) < 4.78 is 6.23. The summed E-state index contributed by atoms with van der Waals surface area (Å²) >= 11 is 0. The summed E-state index contributed by atoms with van der Waals surface area (Å²) in [5.41, 5.74) is 3.08. The summed E-state index contributed by atoms with van der Waals surface area (Å²) in [5, 5.41) is 0. The normalized spacial score (nSPS) is 18.5. The van der Waals surface area contributed by atoms with Crippen LogP contribution < -0.4 is 4.74 Å². The van der Waals surface area contributed by atoms with Crippen LogP contribution >= 0.6 is 0 Å². The molecular weight excluding hydrogens is 272 g/mol. The number of carbonyl (C=O) groups is 1. The Hall–Kier alpha value is -1.31. The van der Waals surface area contributed by atoms with Gasteiger partial charge in [0.1, 0.15) is 11.4 Å². The molecule has 0 radical (unpaired) electrons. The number of benzene rings is 1. The van der Waals surface area contributed by atoms with E-state index in [0.29, 0.717) is 0 Å². The van der Waals surface area contributed by atoms with Crippen molar-refractivity contribution in [2.24, 2.45) is 0 Å². The van der Waals surface area contributed by atoms with Gasteiger partial charge >= 0.3 is 0 Å². The van der Waals surface area contributed by atoms with Gasteiger partial charge in [-0.3, -0.25) is 4.79 Å². The second-order valence-corrected chi connectivity index (χ2v) is 7.94. The minimum absolute atomic E-state index is 0.0310. The van der Waals surface area contributed by atoms with Crippen molar-refractivity contribution in [2.75, 3.05) is 0 Å². The third kappa shape index (κ3) is 3.53. The summed E-state index contributed by atoms with van der Waals surface area (Å²) in [7, 11) is 0. The van der Waals surface area contributed by atoms with E-state index in [0.717, 1.165) is 36.1 Å². The second-order valence-electron chi connectivity index (χ2n) is 7.94. The maximum absolute atomic E-state index is 12.1. The molecule has 1 aromatic rings. The highest BCUT2D eigenvalue weighted by Gasteiger charge is 2.39.